The first-order chi connectivity index (χ1) is 8.54. The van der Waals surface area contributed by atoms with E-state index in [1.165, 1.54) is 11.1 Å². The molecule has 0 bridgehead atoms. The van der Waals surface area contributed by atoms with E-state index >= 15 is 0 Å². The van der Waals surface area contributed by atoms with Crippen molar-refractivity contribution in [3.63, 3.8) is 0 Å². The smallest absolute Gasteiger partial charge is 0.222 e. The number of nitriles is 1. The van der Waals surface area contributed by atoms with Gasteiger partial charge in [0.2, 0.25) is 5.91 Å². The van der Waals surface area contributed by atoms with Gasteiger partial charge in [0.05, 0.1) is 12.0 Å². The summed E-state index contributed by atoms with van der Waals surface area (Å²) in [6.07, 6.45) is 1.26. The molecule has 0 aliphatic heterocycles. The van der Waals surface area contributed by atoms with Crippen LogP contribution in [-0.2, 0) is 11.2 Å². The van der Waals surface area contributed by atoms with Gasteiger partial charge in [-0.3, -0.25) is 4.79 Å². The summed E-state index contributed by atoms with van der Waals surface area (Å²) >= 11 is 0. The molecule has 0 aliphatic carbocycles. The Kier molecular flexibility index (Phi) is 5.38. The molecule has 1 unspecified atom stereocenters. The summed E-state index contributed by atoms with van der Waals surface area (Å²) < 4.78 is 0. The third kappa shape index (κ3) is 4.21. The van der Waals surface area contributed by atoms with Gasteiger partial charge in [0, 0.05) is 20.0 Å². The molecule has 3 nitrogen and oxygen atoms in total. The van der Waals surface area contributed by atoms with Crippen LogP contribution in [0.4, 0.5) is 0 Å². The summed E-state index contributed by atoms with van der Waals surface area (Å²) in [5, 5.41) is 8.72. The first-order valence-corrected chi connectivity index (χ1v) is 6.22. The van der Waals surface area contributed by atoms with Gasteiger partial charge in [-0.1, -0.05) is 24.3 Å². The van der Waals surface area contributed by atoms with Crippen LogP contribution in [0.1, 0.15) is 24.5 Å². The first kappa shape index (κ1) is 14.2. The highest BCUT2D eigenvalue weighted by atomic mass is 16.2. The Balaban J connectivity index is 2.47. The van der Waals surface area contributed by atoms with E-state index in [2.05, 4.69) is 25.1 Å². The van der Waals surface area contributed by atoms with Crippen molar-refractivity contribution >= 4 is 5.91 Å². The SMILES string of the molecule is Cc1ccccc1CCC(=O)N(C)CC(C)C#N. The molecule has 0 radical (unpaired) electrons. The van der Waals surface area contributed by atoms with Gasteiger partial charge in [0.25, 0.3) is 0 Å². The molecule has 0 saturated carbocycles. The summed E-state index contributed by atoms with van der Waals surface area (Å²) in [4.78, 5) is 13.5. The van der Waals surface area contributed by atoms with E-state index in [4.69, 9.17) is 5.26 Å². The predicted octanol–water partition coefficient (Wildman–Crippen LogP) is 2.55. The average Bonchev–Trinajstić information content (AvgIpc) is 2.37. The third-order valence-electron chi connectivity index (χ3n) is 3.06. The molecule has 18 heavy (non-hydrogen) atoms. The Morgan fingerprint density at radius 1 is 1.44 bits per heavy atom. The fourth-order valence-electron chi connectivity index (χ4n) is 1.88. The van der Waals surface area contributed by atoms with E-state index in [1.54, 1.807) is 11.9 Å². The Morgan fingerprint density at radius 2 is 2.11 bits per heavy atom. The molecule has 3 heteroatoms. The molecule has 1 rings (SSSR count). The lowest BCUT2D eigenvalue weighted by Crippen LogP contribution is -2.30. The molecular weight excluding hydrogens is 224 g/mol. The van der Waals surface area contributed by atoms with Crippen molar-refractivity contribution < 1.29 is 4.79 Å². The lowest BCUT2D eigenvalue weighted by atomic mass is 10.0. The lowest BCUT2D eigenvalue weighted by molar-refractivity contribution is -0.130. The van der Waals surface area contributed by atoms with Crippen LogP contribution in [0.2, 0.25) is 0 Å². The summed E-state index contributed by atoms with van der Waals surface area (Å²) in [6, 6.07) is 10.2. The molecule has 0 aromatic heterocycles. The molecule has 0 heterocycles. The molecular formula is C15H20N2O. The van der Waals surface area contributed by atoms with Crippen LogP contribution in [0.5, 0.6) is 0 Å². The Hall–Kier alpha value is -1.82. The van der Waals surface area contributed by atoms with Crippen molar-refractivity contribution in [3.8, 4) is 6.07 Å². The topological polar surface area (TPSA) is 44.1 Å². The van der Waals surface area contributed by atoms with Gasteiger partial charge >= 0.3 is 0 Å². The number of aryl methyl sites for hydroxylation is 2. The number of nitrogens with zero attached hydrogens (tertiary/aromatic N) is 2. The zero-order chi connectivity index (χ0) is 13.5. The minimum Gasteiger partial charge on any atom is -0.344 e. The summed E-state index contributed by atoms with van der Waals surface area (Å²) in [5.41, 5.74) is 2.44. The zero-order valence-corrected chi connectivity index (χ0v) is 11.3. The van der Waals surface area contributed by atoms with Gasteiger partial charge in [-0.25, -0.2) is 0 Å². The fraction of sp³-hybridized carbons (Fsp3) is 0.467. The van der Waals surface area contributed by atoms with Crippen LogP contribution in [0, 0.1) is 24.2 Å². The van der Waals surface area contributed by atoms with Crippen LogP contribution < -0.4 is 0 Å². The standard InChI is InChI=1S/C15H20N2O/c1-12(10-16)11-17(3)15(18)9-8-14-7-5-4-6-13(14)2/h4-7,12H,8-9,11H2,1-3H3. The van der Waals surface area contributed by atoms with Gasteiger partial charge < -0.3 is 4.90 Å². The van der Waals surface area contributed by atoms with Crippen molar-refractivity contribution in [2.45, 2.75) is 26.7 Å². The predicted molar refractivity (Wildman–Crippen MR) is 71.9 cm³/mol. The van der Waals surface area contributed by atoms with Crippen molar-refractivity contribution in [1.29, 1.82) is 5.26 Å². The molecule has 0 aliphatic rings. The largest absolute Gasteiger partial charge is 0.344 e. The fourth-order valence-corrected chi connectivity index (χ4v) is 1.88. The lowest BCUT2D eigenvalue weighted by Gasteiger charge is -2.18. The maximum absolute atomic E-state index is 11.9. The van der Waals surface area contributed by atoms with E-state index in [0.717, 1.165) is 6.42 Å². The maximum Gasteiger partial charge on any atom is 0.222 e. The number of rotatable bonds is 5. The Bertz CT molecular complexity index is 448. The normalized spacial score (nSPS) is 11.7. The van der Waals surface area contributed by atoms with Crippen LogP contribution in [-0.4, -0.2) is 24.4 Å². The molecule has 0 saturated heterocycles. The third-order valence-corrected chi connectivity index (χ3v) is 3.06. The van der Waals surface area contributed by atoms with Gasteiger partial charge in [-0.05, 0) is 31.4 Å². The van der Waals surface area contributed by atoms with Crippen LogP contribution in [0.3, 0.4) is 0 Å². The molecule has 0 N–H and O–H groups in total. The summed E-state index contributed by atoms with van der Waals surface area (Å²) in [5.74, 6) is -0.0160. The minimum absolute atomic E-state index is 0.0975. The number of benzene rings is 1. The molecule has 1 atom stereocenters. The van der Waals surface area contributed by atoms with E-state index in [9.17, 15) is 4.79 Å². The number of amides is 1. The van der Waals surface area contributed by atoms with Gasteiger partial charge in [0.1, 0.15) is 0 Å². The monoisotopic (exact) mass is 244 g/mol. The van der Waals surface area contributed by atoms with Gasteiger partial charge in [0.15, 0.2) is 0 Å². The van der Waals surface area contributed by atoms with Crippen molar-refractivity contribution in [2.24, 2.45) is 5.92 Å². The Labute approximate surface area is 109 Å². The average molecular weight is 244 g/mol. The summed E-state index contributed by atoms with van der Waals surface area (Å²) in [7, 11) is 1.76. The highest BCUT2D eigenvalue weighted by Crippen LogP contribution is 2.10. The van der Waals surface area contributed by atoms with Crippen molar-refractivity contribution in [1.82, 2.24) is 4.90 Å². The van der Waals surface area contributed by atoms with E-state index in [-0.39, 0.29) is 11.8 Å². The zero-order valence-electron chi connectivity index (χ0n) is 11.3. The minimum atomic E-state index is -0.114. The molecule has 0 spiro atoms. The maximum atomic E-state index is 11.9. The molecule has 0 fully saturated rings. The number of hydrogen-bond acceptors (Lipinski definition) is 2. The van der Waals surface area contributed by atoms with Crippen molar-refractivity contribution in [2.75, 3.05) is 13.6 Å². The highest BCUT2D eigenvalue weighted by molar-refractivity contribution is 5.76. The second-order valence-corrected chi connectivity index (χ2v) is 4.73. The second-order valence-electron chi connectivity index (χ2n) is 4.73. The highest BCUT2D eigenvalue weighted by Gasteiger charge is 2.12. The molecule has 1 amide bonds. The quantitative estimate of drug-likeness (QED) is 0.799. The second kappa shape index (κ2) is 6.80. The van der Waals surface area contributed by atoms with E-state index in [0.29, 0.717) is 13.0 Å². The van der Waals surface area contributed by atoms with E-state index < -0.39 is 0 Å². The van der Waals surface area contributed by atoms with Gasteiger partial charge in [-0.15, -0.1) is 0 Å². The molecule has 1 aromatic rings. The Morgan fingerprint density at radius 3 is 2.72 bits per heavy atom. The number of hydrogen-bond donors (Lipinski definition) is 0. The number of carbonyl (C=O) groups is 1. The first-order valence-electron chi connectivity index (χ1n) is 6.22. The van der Waals surface area contributed by atoms with Crippen molar-refractivity contribution in [3.05, 3.63) is 35.4 Å². The van der Waals surface area contributed by atoms with Gasteiger partial charge in [-0.2, -0.15) is 5.26 Å². The molecule has 96 valence electrons. The summed E-state index contributed by atoms with van der Waals surface area (Å²) in [6.45, 7) is 4.38. The van der Waals surface area contributed by atoms with E-state index in [1.807, 2.05) is 19.1 Å². The van der Waals surface area contributed by atoms with Crippen LogP contribution in [0.15, 0.2) is 24.3 Å². The molecule has 1 aromatic carbocycles. The number of carbonyl (C=O) groups excluding carboxylic acids is 1. The van der Waals surface area contributed by atoms with Crippen LogP contribution in [0.25, 0.3) is 0 Å². The van der Waals surface area contributed by atoms with Crippen LogP contribution >= 0.6 is 0 Å².